The van der Waals surface area contributed by atoms with Gasteiger partial charge < -0.3 is 10.6 Å². The third-order valence-electron chi connectivity index (χ3n) is 5.64. The van der Waals surface area contributed by atoms with Crippen molar-refractivity contribution in [1.82, 2.24) is 14.3 Å². The van der Waals surface area contributed by atoms with E-state index in [1.807, 2.05) is 24.8 Å². The number of primary amides is 1. The first-order chi connectivity index (χ1) is 15.3. The average molecular weight is 472 g/mol. The summed E-state index contributed by atoms with van der Waals surface area (Å²) in [6.45, 7) is 5.69. The van der Waals surface area contributed by atoms with Gasteiger partial charge in [0.2, 0.25) is 5.91 Å². The molecule has 2 aromatic heterocycles. The van der Waals surface area contributed by atoms with Crippen molar-refractivity contribution in [1.29, 1.82) is 0 Å². The summed E-state index contributed by atoms with van der Waals surface area (Å²) in [5.41, 5.74) is 6.08. The van der Waals surface area contributed by atoms with Gasteiger partial charge in [0.1, 0.15) is 15.8 Å². The summed E-state index contributed by atoms with van der Waals surface area (Å²) >= 11 is 6.61. The zero-order chi connectivity index (χ0) is 23.0. The molecule has 2 amide bonds. The number of carbonyl (C=O) groups is 2. The predicted octanol–water partition coefficient (Wildman–Crippen LogP) is 2.25. The van der Waals surface area contributed by atoms with Crippen molar-refractivity contribution in [2.45, 2.75) is 26.7 Å². The van der Waals surface area contributed by atoms with Crippen LogP contribution in [0.25, 0.3) is 11.7 Å². The van der Waals surface area contributed by atoms with Crippen LogP contribution in [-0.2, 0) is 9.59 Å². The Bertz CT molecular complexity index is 1180. The molecule has 8 nitrogen and oxygen atoms in total. The van der Waals surface area contributed by atoms with Gasteiger partial charge >= 0.3 is 0 Å². The lowest BCUT2D eigenvalue weighted by Crippen LogP contribution is -2.40. The zero-order valence-electron chi connectivity index (χ0n) is 18.0. The van der Waals surface area contributed by atoms with Gasteiger partial charge in [0.15, 0.2) is 0 Å². The maximum absolute atomic E-state index is 13.4. The average Bonchev–Trinajstić information content (AvgIpc) is 3.02. The lowest BCUT2D eigenvalue weighted by molar-refractivity contribution is -0.123. The van der Waals surface area contributed by atoms with Crippen molar-refractivity contribution in [3.05, 3.63) is 45.2 Å². The van der Waals surface area contributed by atoms with Crippen molar-refractivity contribution in [2.24, 2.45) is 17.6 Å². The Kier molecular flexibility index (Phi) is 6.34. The number of nitrogens with two attached hydrogens (primary N) is 1. The van der Waals surface area contributed by atoms with Crippen LogP contribution in [0.5, 0.6) is 0 Å². The molecule has 2 fully saturated rings. The van der Waals surface area contributed by atoms with E-state index in [4.69, 9.17) is 22.9 Å². The van der Waals surface area contributed by atoms with Crippen LogP contribution in [0.4, 0.5) is 5.82 Å². The van der Waals surface area contributed by atoms with Crippen LogP contribution in [-0.4, -0.2) is 50.1 Å². The van der Waals surface area contributed by atoms with E-state index in [1.165, 1.54) is 16.2 Å². The Balaban J connectivity index is 1.78. The molecule has 0 aliphatic carbocycles. The van der Waals surface area contributed by atoms with Crippen LogP contribution < -0.4 is 16.2 Å². The second-order valence-corrected chi connectivity index (χ2v) is 10.1. The molecule has 0 atom stereocenters. The van der Waals surface area contributed by atoms with Crippen LogP contribution >= 0.6 is 24.0 Å². The number of hydrogen-bond donors (Lipinski definition) is 1. The topological polar surface area (TPSA) is 101 Å². The summed E-state index contributed by atoms with van der Waals surface area (Å²) in [5, 5.41) is 0. The number of amides is 2. The number of hydrogen-bond acceptors (Lipinski definition) is 7. The molecule has 2 saturated heterocycles. The van der Waals surface area contributed by atoms with E-state index < -0.39 is 0 Å². The Morgan fingerprint density at radius 2 is 2.03 bits per heavy atom. The number of thiocarbonyl (C=S) groups is 1. The van der Waals surface area contributed by atoms with Gasteiger partial charge in [0.05, 0.1) is 10.5 Å². The van der Waals surface area contributed by atoms with Crippen LogP contribution in [0.15, 0.2) is 34.1 Å². The van der Waals surface area contributed by atoms with E-state index in [0.29, 0.717) is 58.7 Å². The van der Waals surface area contributed by atoms with E-state index in [0.717, 1.165) is 0 Å². The first-order valence-corrected chi connectivity index (χ1v) is 11.8. The maximum atomic E-state index is 13.4. The minimum atomic E-state index is -0.301. The summed E-state index contributed by atoms with van der Waals surface area (Å²) < 4.78 is 1.97. The molecule has 0 unspecified atom stereocenters. The quantitative estimate of drug-likeness (QED) is 0.527. The molecule has 2 aromatic rings. The number of carbonyl (C=O) groups excluding carboxylic acids is 2. The molecule has 32 heavy (non-hydrogen) atoms. The minimum Gasteiger partial charge on any atom is -0.369 e. The van der Waals surface area contributed by atoms with E-state index in [9.17, 15) is 14.4 Å². The summed E-state index contributed by atoms with van der Waals surface area (Å²) in [6.07, 6.45) is 4.47. The number of rotatable bonds is 5. The number of pyridine rings is 1. The summed E-state index contributed by atoms with van der Waals surface area (Å²) in [5.74, 6) is 0.114. The smallest absolute Gasteiger partial charge is 0.267 e. The lowest BCUT2D eigenvalue weighted by Gasteiger charge is -2.32. The summed E-state index contributed by atoms with van der Waals surface area (Å²) in [6, 6.07) is 5.36. The third-order valence-corrected chi connectivity index (χ3v) is 7.02. The molecule has 4 rings (SSSR count). The van der Waals surface area contributed by atoms with Gasteiger partial charge in [-0.25, -0.2) is 4.98 Å². The van der Waals surface area contributed by atoms with Gasteiger partial charge in [-0.05, 0) is 37.0 Å². The number of anilines is 1. The highest BCUT2D eigenvalue weighted by atomic mass is 32.2. The molecule has 4 heterocycles. The summed E-state index contributed by atoms with van der Waals surface area (Å²) in [7, 11) is 0. The summed E-state index contributed by atoms with van der Waals surface area (Å²) in [4.78, 5) is 46.7. The fraction of sp³-hybridized carbons (Fsp3) is 0.409. The number of aromatic nitrogens is 2. The molecule has 2 N–H and O–H groups in total. The van der Waals surface area contributed by atoms with E-state index in [2.05, 4.69) is 0 Å². The van der Waals surface area contributed by atoms with Crippen molar-refractivity contribution >= 4 is 57.7 Å². The van der Waals surface area contributed by atoms with Gasteiger partial charge in [0.25, 0.3) is 11.5 Å². The highest BCUT2D eigenvalue weighted by Gasteiger charge is 2.33. The van der Waals surface area contributed by atoms with Crippen LogP contribution in [0.2, 0.25) is 0 Å². The van der Waals surface area contributed by atoms with Gasteiger partial charge in [-0.1, -0.05) is 43.9 Å². The predicted molar refractivity (Wildman–Crippen MR) is 130 cm³/mol. The molecule has 2 aliphatic rings. The fourth-order valence-corrected chi connectivity index (χ4v) is 5.24. The van der Waals surface area contributed by atoms with Crippen molar-refractivity contribution in [3.63, 3.8) is 0 Å². The third kappa shape index (κ3) is 4.29. The molecule has 0 saturated carbocycles. The fourth-order valence-electron chi connectivity index (χ4n) is 3.99. The highest BCUT2D eigenvalue weighted by Crippen LogP contribution is 2.34. The first-order valence-electron chi connectivity index (χ1n) is 10.6. The standard InChI is InChI=1S/C22H25N5O3S2/c1-13(2)12-27-21(30)16(32-22(27)31)11-15-19(25-9-6-14(7-10-25)18(23)28)24-17-5-3-4-8-26(17)20(15)29/h3-5,8,11,13-14H,6-7,9-10,12H2,1-2H3,(H2,23,28)/b16-11+. The van der Waals surface area contributed by atoms with Crippen molar-refractivity contribution < 1.29 is 9.59 Å². The Labute approximate surface area is 195 Å². The van der Waals surface area contributed by atoms with E-state index in [-0.39, 0.29) is 29.2 Å². The molecule has 2 aliphatic heterocycles. The maximum Gasteiger partial charge on any atom is 0.267 e. The zero-order valence-corrected chi connectivity index (χ0v) is 19.6. The largest absolute Gasteiger partial charge is 0.369 e. The Hall–Kier alpha value is -2.72. The van der Waals surface area contributed by atoms with Gasteiger partial charge in [0, 0.05) is 31.7 Å². The Morgan fingerprint density at radius 3 is 2.69 bits per heavy atom. The van der Waals surface area contributed by atoms with Gasteiger partial charge in [-0.15, -0.1) is 0 Å². The molecule has 0 bridgehead atoms. The van der Waals surface area contributed by atoms with Gasteiger partial charge in [-0.2, -0.15) is 0 Å². The van der Waals surface area contributed by atoms with E-state index in [1.54, 1.807) is 29.3 Å². The second-order valence-electron chi connectivity index (χ2n) is 8.43. The first kappa shape index (κ1) is 22.5. The molecular weight excluding hydrogens is 446 g/mol. The Morgan fingerprint density at radius 1 is 1.31 bits per heavy atom. The number of nitrogens with zero attached hydrogens (tertiary/aromatic N) is 4. The SMILES string of the molecule is CC(C)CN1C(=O)/C(=C\c2c(N3CCC(C(N)=O)CC3)nc3ccccn3c2=O)SC1=S. The molecular formula is C22H25N5O3S2. The van der Waals surface area contributed by atoms with Crippen LogP contribution in [0.1, 0.15) is 32.3 Å². The van der Waals surface area contributed by atoms with Gasteiger partial charge in [-0.3, -0.25) is 23.7 Å². The van der Waals surface area contributed by atoms with E-state index >= 15 is 0 Å². The minimum absolute atomic E-state index is 0.177. The molecule has 10 heteroatoms. The monoisotopic (exact) mass is 471 g/mol. The van der Waals surface area contributed by atoms with Crippen molar-refractivity contribution in [2.75, 3.05) is 24.5 Å². The molecule has 168 valence electrons. The van der Waals surface area contributed by atoms with Crippen LogP contribution in [0.3, 0.4) is 0 Å². The van der Waals surface area contributed by atoms with Crippen molar-refractivity contribution in [3.8, 4) is 0 Å². The number of thioether (sulfide) groups is 1. The number of fused-ring (bicyclic) bond motifs is 1. The molecule has 0 spiro atoms. The van der Waals surface area contributed by atoms with Crippen LogP contribution in [0, 0.1) is 11.8 Å². The second kappa shape index (κ2) is 9.03. The molecule has 0 radical (unpaired) electrons. The lowest BCUT2D eigenvalue weighted by atomic mass is 9.96. The normalized spacial score (nSPS) is 19.0. The number of piperidine rings is 1. The highest BCUT2D eigenvalue weighted by molar-refractivity contribution is 8.26. The molecule has 0 aromatic carbocycles.